The van der Waals surface area contributed by atoms with Crippen molar-refractivity contribution in [1.82, 2.24) is 10.2 Å². The van der Waals surface area contributed by atoms with Gasteiger partial charge >= 0.3 is 0 Å². The maximum atomic E-state index is 12.9. The Balaban J connectivity index is 1.83. The molecule has 0 radical (unpaired) electrons. The third kappa shape index (κ3) is 4.42. The van der Waals surface area contributed by atoms with Crippen molar-refractivity contribution in [2.45, 2.75) is 32.7 Å². The van der Waals surface area contributed by atoms with Crippen LogP contribution in [0, 0.1) is 5.92 Å². The number of fused-ring (bicyclic) bond motifs is 1. The number of halogens is 2. The van der Waals surface area contributed by atoms with Crippen LogP contribution in [0.1, 0.15) is 42.3 Å². The molecule has 0 unspecified atom stereocenters. The fourth-order valence-electron chi connectivity index (χ4n) is 3.33. The molecule has 1 aliphatic rings. The van der Waals surface area contributed by atoms with Crippen LogP contribution in [0.5, 0.6) is 0 Å². The molecule has 0 aliphatic carbocycles. The maximum absolute atomic E-state index is 12.9. The van der Waals surface area contributed by atoms with Gasteiger partial charge in [-0.1, -0.05) is 43.1 Å². The third-order valence-electron chi connectivity index (χ3n) is 4.72. The van der Waals surface area contributed by atoms with Gasteiger partial charge in [0.25, 0.3) is 0 Å². The molecule has 1 aliphatic heterocycles. The first-order valence-corrected chi connectivity index (χ1v) is 10.6. The van der Waals surface area contributed by atoms with Crippen molar-refractivity contribution in [3.05, 3.63) is 55.7 Å². The van der Waals surface area contributed by atoms with E-state index in [9.17, 15) is 4.79 Å². The highest BCUT2D eigenvalue weighted by Gasteiger charge is 2.33. The summed E-state index contributed by atoms with van der Waals surface area (Å²) in [5.74, 6) is 0.739. The van der Waals surface area contributed by atoms with Crippen molar-refractivity contribution in [2.24, 2.45) is 5.92 Å². The number of thiophene rings is 1. The van der Waals surface area contributed by atoms with Gasteiger partial charge in [0.05, 0.1) is 12.6 Å². The minimum atomic E-state index is -0.144. The van der Waals surface area contributed by atoms with E-state index < -0.39 is 0 Å². The van der Waals surface area contributed by atoms with Crippen molar-refractivity contribution in [3.8, 4) is 0 Å². The largest absolute Gasteiger partial charge is 0.330 e. The normalized spacial score (nSPS) is 16.8. The van der Waals surface area contributed by atoms with E-state index in [0.717, 1.165) is 24.9 Å². The monoisotopic (exact) mass is 410 g/mol. The summed E-state index contributed by atoms with van der Waals surface area (Å²) in [7, 11) is 0. The van der Waals surface area contributed by atoms with E-state index in [2.05, 4.69) is 30.6 Å². The lowest BCUT2D eigenvalue weighted by molar-refractivity contribution is -0.132. The van der Waals surface area contributed by atoms with E-state index in [1.54, 1.807) is 17.4 Å². The number of benzene rings is 1. The van der Waals surface area contributed by atoms with Crippen LogP contribution in [-0.2, 0) is 11.2 Å². The second-order valence-corrected chi connectivity index (χ2v) is 8.91. The quantitative estimate of drug-likeness (QED) is 0.666. The molecule has 3 rings (SSSR count). The van der Waals surface area contributed by atoms with Gasteiger partial charge in [-0.25, -0.2) is 0 Å². The topological polar surface area (TPSA) is 32.3 Å². The number of carbonyl (C=O) groups is 1. The number of hydrogen-bond acceptors (Lipinski definition) is 3. The number of nitrogens with one attached hydrogen (secondary N) is 1. The van der Waals surface area contributed by atoms with E-state index in [1.807, 2.05) is 17.0 Å². The first kappa shape index (κ1) is 19.7. The molecule has 2 aromatic rings. The summed E-state index contributed by atoms with van der Waals surface area (Å²) in [6, 6.07) is 7.50. The summed E-state index contributed by atoms with van der Waals surface area (Å²) >= 11 is 14.3. The molecule has 1 atom stereocenters. The summed E-state index contributed by atoms with van der Waals surface area (Å²) in [6.07, 6.45) is 1.96. The molecule has 1 amide bonds. The Morgan fingerprint density at radius 1 is 1.31 bits per heavy atom. The molecule has 1 N–H and O–H groups in total. The highest BCUT2D eigenvalue weighted by atomic mass is 35.5. The lowest BCUT2D eigenvalue weighted by Gasteiger charge is -2.37. The van der Waals surface area contributed by atoms with Crippen LogP contribution < -0.4 is 5.32 Å². The van der Waals surface area contributed by atoms with E-state index in [4.69, 9.17) is 23.2 Å². The fraction of sp³-hybridized carbons (Fsp3) is 0.450. The molecule has 140 valence electrons. The molecule has 3 nitrogen and oxygen atoms in total. The van der Waals surface area contributed by atoms with Gasteiger partial charge in [0.2, 0.25) is 5.91 Å². The zero-order chi connectivity index (χ0) is 18.7. The van der Waals surface area contributed by atoms with Gasteiger partial charge in [0.1, 0.15) is 0 Å². The fourth-order valence-corrected chi connectivity index (χ4v) is 4.75. The molecular weight excluding hydrogens is 387 g/mol. The van der Waals surface area contributed by atoms with E-state index in [-0.39, 0.29) is 11.9 Å². The number of amides is 1. The van der Waals surface area contributed by atoms with Crippen molar-refractivity contribution >= 4 is 40.4 Å². The molecule has 2 heterocycles. The van der Waals surface area contributed by atoms with Gasteiger partial charge in [-0.2, -0.15) is 0 Å². The Hall–Kier alpha value is -1.07. The Bertz CT molecular complexity index is 775. The Morgan fingerprint density at radius 3 is 2.85 bits per heavy atom. The van der Waals surface area contributed by atoms with Crippen LogP contribution in [0.3, 0.4) is 0 Å². The molecule has 26 heavy (non-hydrogen) atoms. The Kier molecular flexibility index (Phi) is 6.62. The molecular formula is C20H24Cl2N2OS. The zero-order valence-electron chi connectivity index (χ0n) is 15.1. The van der Waals surface area contributed by atoms with E-state index in [1.165, 1.54) is 10.4 Å². The first-order chi connectivity index (χ1) is 12.5. The van der Waals surface area contributed by atoms with E-state index in [0.29, 0.717) is 29.1 Å². The second kappa shape index (κ2) is 8.75. The highest BCUT2D eigenvalue weighted by molar-refractivity contribution is 7.10. The molecule has 0 spiro atoms. The number of rotatable bonds is 6. The molecule has 1 aromatic heterocycles. The standard InChI is InChI=1S/C20H24Cl2N2OS/c1-13(2)5-8-23-12-19(25)24-9-6-18-16(7-10-26-18)20(24)15-4-3-14(21)11-17(15)22/h3-4,7,10-11,13,20,23H,5-6,8-9,12H2,1-2H3/t20-/m1/s1. The van der Waals surface area contributed by atoms with Crippen LogP contribution in [0.15, 0.2) is 29.6 Å². The Labute approximate surface area is 169 Å². The average Bonchev–Trinajstić information content (AvgIpc) is 3.06. The van der Waals surface area contributed by atoms with E-state index >= 15 is 0 Å². The minimum Gasteiger partial charge on any atom is -0.330 e. The van der Waals surface area contributed by atoms with Crippen LogP contribution in [0.25, 0.3) is 0 Å². The minimum absolute atomic E-state index is 0.113. The smallest absolute Gasteiger partial charge is 0.237 e. The lowest BCUT2D eigenvalue weighted by Crippen LogP contribution is -2.44. The number of nitrogens with zero attached hydrogens (tertiary/aromatic N) is 1. The van der Waals surface area contributed by atoms with Crippen LogP contribution in [-0.4, -0.2) is 30.4 Å². The lowest BCUT2D eigenvalue weighted by atomic mass is 9.93. The molecule has 0 saturated carbocycles. The molecule has 0 bridgehead atoms. The van der Waals surface area contributed by atoms with Gasteiger partial charge in [0, 0.05) is 21.5 Å². The average molecular weight is 411 g/mol. The molecule has 1 aromatic carbocycles. The predicted octanol–water partition coefficient (Wildman–Crippen LogP) is 5.16. The second-order valence-electron chi connectivity index (χ2n) is 7.06. The van der Waals surface area contributed by atoms with Gasteiger partial charge in [-0.05, 0) is 60.0 Å². The molecule has 0 fully saturated rings. The molecule has 0 saturated heterocycles. The summed E-state index contributed by atoms with van der Waals surface area (Å²) in [5, 5.41) is 6.59. The van der Waals surface area contributed by atoms with Gasteiger partial charge in [0.15, 0.2) is 0 Å². The van der Waals surface area contributed by atoms with Gasteiger partial charge in [-0.3, -0.25) is 4.79 Å². The Morgan fingerprint density at radius 2 is 2.12 bits per heavy atom. The van der Waals surface area contributed by atoms with Crippen molar-refractivity contribution in [3.63, 3.8) is 0 Å². The first-order valence-electron chi connectivity index (χ1n) is 8.98. The summed E-state index contributed by atoms with van der Waals surface area (Å²) in [4.78, 5) is 16.2. The zero-order valence-corrected chi connectivity index (χ0v) is 17.4. The van der Waals surface area contributed by atoms with Crippen LogP contribution in [0.4, 0.5) is 0 Å². The molecule has 6 heteroatoms. The summed E-state index contributed by atoms with van der Waals surface area (Å²) < 4.78 is 0. The van der Waals surface area contributed by atoms with Gasteiger partial charge < -0.3 is 10.2 Å². The SMILES string of the molecule is CC(C)CCNCC(=O)N1CCc2sccc2[C@H]1c1ccc(Cl)cc1Cl. The number of carbonyl (C=O) groups excluding carboxylic acids is 1. The van der Waals surface area contributed by atoms with Crippen LogP contribution >= 0.6 is 34.5 Å². The summed E-state index contributed by atoms with van der Waals surface area (Å²) in [5.41, 5.74) is 2.12. The predicted molar refractivity (Wildman–Crippen MR) is 110 cm³/mol. The van der Waals surface area contributed by atoms with Gasteiger partial charge in [-0.15, -0.1) is 11.3 Å². The van der Waals surface area contributed by atoms with Crippen molar-refractivity contribution < 1.29 is 4.79 Å². The highest BCUT2D eigenvalue weighted by Crippen LogP contribution is 2.40. The third-order valence-corrected chi connectivity index (χ3v) is 6.28. The van der Waals surface area contributed by atoms with Crippen molar-refractivity contribution in [1.29, 1.82) is 0 Å². The van der Waals surface area contributed by atoms with Crippen molar-refractivity contribution in [2.75, 3.05) is 19.6 Å². The number of hydrogen-bond donors (Lipinski definition) is 1. The van der Waals surface area contributed by atoms with Crippen LogP contribution in [0.2, 0.25) is 10.0 Å². The maximum Gasteiger partial charge on any atom is 0.237 e. The summed E-state index contributed by atoms with van der Waals surface area (Å²) in [6.45, 7) is 6.29.